The minimum absolute atomic E-state index is 0.00592. The largest absolute Gasteiger partial charge is 0.326 e. The fraction of sp³-hybridized carbons (Fsp3) is 0.235. The van der Waals surface area contributed by atoms with E-state index in [1.165, 1.54) is 0 Å². The molecule has 0 heterocycles. The summed E-state index contributed by atoms with van der Waals surface area (Å²) in [4.78, 5) is 12.1. The van der Waals surface area contributed by atoms with E-state index in [9.17, 15) is 4.79 Å². The van der Waals surface area contributed by atoms with E-state index in [1.54, 1.807) is 0 Å². The Morgan fingerprint density at radius 1 is 1.05 bits per heavy atom. The molecule has 0 radical (unpaired) electrons. The van der Waals surface area contributed by atoms with Gasteiger partial charge in [0.05, 0.1) is 6.42 Å². The van der Waals surface area contributed by atoms with Crippen molar-refractivity contribution in [1.29, 1.82) is 0 Å². The summed E-state index contributed by atoms with van der Waals surface area (Å²) in [7, 11) is 0. The topological polar surface area (TPSA) is 55.1 Å². The Labute approximate surface area is 119 Å². The quantitative estimate of drug-likeness (QED) is 0.876. The summed E-state index contributed by atoms with van der Waals surface area (Å²) >= 11 is 0. The number of rotatable bonds is 5. The monoisotopic (exact) mass is 268 g/mol. The second-order valence-corrected chi connectivity index (χ2v) is 4.76. The molecular weight excluding hydrogens is 248 g/mol. The third-order valence-corrected chi connectivity index (χ3v) is 3.30. The van der Waals surface area contributed by atoms with E-state index in [0.29, 0.717) is 13.0 Å². The van der Waals surface area contributed by atoms with Crippen molar-refractivity contribution in [2.45, 2.75) is 26.3 Å². The number of para-hydroxylation sites is 1. The molecule has 3 N–H and O–H groups in total. The van der Waals surface area contributed by atoms with E-state index in [4.69, 9.17) is 5.73 Å². The van der Waals surface area contributed by atoms with Crippen LogP contribution >= 0.6 is 0 Å². The first-order chi connectivity index (χ1) is 9.72. The van der Waals surface area contributed by atoms with Gasteiger partial charge >= 0.3 is 0 Å². The van der Waals surface area contributed by atoms with E-state index >= 15 is 0 Å². The van der Waals surface area contributed by atoms with Crippen molar-refractivity contribution in [2.75, 3.05) is 5.32 Å². The number of hydrogen-bond donors (Lipinski definition) is 2. The van der Waals surface area contributed by atoms with Crippen LogP contribution in [0.5, 0.6) is 0 Å². The van der Waals surface area contributed by atoms with Gasteiger partial charge in [0, 0.05) is 12.2 Å². The van der Waals surface area contributed by atoms with Crippen LogP contribution in [0.2, 0.25) is 0 Å². The van der Waals surface area contributed by atoms with Gasteiger partial charge in [-0.2, -0.15) is 0 Å². The van der Waals surface area contributed by atoms with Gasteiger partial charge in [0.2, 0.25) is 5.91 Å². The van der Waals surface area contributed by atoms with Crippen LogP contribution in [0.3, 0.4) is 0 Å². The van der Waals surface area contributed by atoms with E-state index in [-0.39, 0.29) is 5.91 Å². The molecule has 0 aromatic heterocycles. The lowest BCUT2D eigenvalue weighted by molar-refractivity contribution is -0.115. The van der Waals surface area contributed by atoms with Gasteiger partial charge in [-0.15, -0.1) is 0 Å². The molecule has 2 rings (SSSR count). The summed E-state index contributed by atoms with van der Waals surface area (Å²) in [6.45, 7) is 2.60. The highest BCUT2D eigenvalue weighted by atomic mass is 16.1. The van der Waals surface area contributed by atoms with Crippen molar-refractivity contribution < 1.29 is 4.79 Å². The zero-order chi connectivity index (χ0) is 14.4. The van der Waals surface area contributed by atoms with Crippen LogP contribution in [0.4, 0.5) is 5.69 Å². The first-order valence-electron chi connectivity index (χ1n) is 6.88. The molecular formula is C17H20N2O. The summed E-state index contributed by atoms with van der Waals surface area (Å²) in [6, 6.07) is 15.7. The summed E-state index contributed by atoms with van der Waals surface area (Å²) < 4.78 is 0. The number of hydrogen-bond acceptors (Lipinski definition) is 2. The molecule has 0 aliphatic heterocycles. The van der Waals surface area contributed by atoms with Crippen molar-refractivity contribution in [3.63, 3.8) is 0 Å². The number of carbonyl (C=O) groups excluding carboxylic acids is 1. The van der Waals surface area contributed by atoms with Crippen LogP contribution in [0.15, 0.2) is 48.5 Å². The van der Waals surface area contributed by atoms with Gasteiger partial charge in [-0.3, -0.25) is 4.79 Å². The Balaban J connectivity index is 2.01. The van der Waals surface area contributed by atoms with E-state index in [1.807, 2.05) is 48.5 Å². The Morgan fingerprint density at radius 3 is 2.35 bits per heavy atom. The fourth-order valence-electron chi connectivity index (χ4n) is 2.12. The van der Waals surface area contributed by atoms with Crippen LogP contribution in [0.1, 0.15) is 23.6 Å². The van der Waals surface area contributed by atoms with Crippen LogP contribution in [-0.4, -0.2) is 5.91 Å². The number of anilines is 1. The lowest BCUT2D eigenvalue weighted by Crippen LogP contribution is -2.15. The smallest absolute Gasteiger partial charge is 0.228 e. The molecule has 0 aliphatic carbocycles. The SMILES string of the molecule is CCc1ccccc1NC(=O)Cc1ccc(CN)cc1. The molecule has 0 aliphatic rings. The Morgan fingerprint density at radius 2 is 1.70 bits per heavy atom. The van der Waals surface area contributed by atoms with Crippen LogP contribution in [-0.2, 0) is 24.2 Å². The maximum absolute atomic E-state index is 12.1. The molecule has 3 heteroatoms. The Hall–Kier alpha value is -2.13. The highest BCUT2D eigenvalue weighted by Gasteiger charge is 2.06. The molecule has 0 bridgehead atoms. The molecule has 0 fully saturated rings. The number of nitrogens with one attached hydrogen (secondary N) is 1. The summed E-state index contributed by atoms with van der Waals surface area (Å²) in [5, 5.41) is 2.97. The molecule has 0 atom stereocenters. The lowest BCUT2D eigenvalue weighted by atomic mass is 10.1. The summed E-state index contributed by atoms with van der Waals surface area (Å²) in [6.07, 6.45) is 1.28. The van der Waals surface area contributed by atoms with Gasteiger partial charge in [-0.1, -0.05) is 49.4 Å². The van der Waals surface area contributed by atoms with Gasteiger partial charge < -0.3 is 11.1 Å². The predicted molar refractivity (Wildman–Crippen MR) is 82.5 cm³/mol. The molecule has 0 saturated heterocycles. The first kappa shape index (κ1) is 14.3. The van der Waals surface area contributed by atoms with Crippen molar-refractivity contribution in [3.05, 3.63) is 65.2 Å². The average molecular weight is 268 g/mol. The number of carbonyl (C=O) groups is 1. The van der Waals surface area contributed by atoms with Crippen LogP contribution < -0.4 is 11.1 Å². The number of amides is 1. The zero-order valence-electron chi connectivity index (χ0n) is 11.7. The summed E-state index contributed by atoms with van der Waals surface area (Å²) in [5.74, 6) is 0.00592. The Bertz CT molecular complexity index is 576. The van der Waals surface area contributed by atoms with E-state index in [2.05, 4.69) is 12.2 Å². The number of benzene rings is 2. The van der Waals surface area contributed by atoms with Crippen LogP contribution in [0.25, 0.3) is 0 Å². The third-order valence-electron chi connectivity index (χ3n) is 3.30. The molecule has 0 unspecified atom stereocenters. The maximum Gasteiger partial charge on any atom is 0.228 e. The van der Waals surface area contributed by atoms with Crippen molar-refractivity contribution in [1.82, 2.24) is 0 Å². The minimum atomic E-state index is 0.00592. The fourth-order valence-corrected chi connectivity index (χ4v) is 2.12. The molecule has 3 nitrogen and oxygen atoms in total. The second-order valence-electron chi connectivity index (χ2n) is 4.76. The normalized spacial score (nSPS) is 10.3. The zero-order valence-corrected chi connectivity index (χ0v) is 11.7. The van der Waals surface area contributed by atoms with Gasteiger partial charge in [0.15, 0.2) is 0 Å². The highest BCUT2D eigenvalue weighted by Crippen LogP contribution is 2.16. The van der Waals surface area contributed by atoms with Crippen molar-refractivity contribution >= 4 is 11.6 Å². The van der Waals surface area contributed by atoms with E-state index in [0.717, 1.165) is 28.8 Å². The molecule has 20 heavy (non-hydrogen) atoms. The van der Waals surface area contributed by atoms with Crippen molar-refractivity contribution in [2.24, 2.45) is 5.73 Å². The van der Waals surface area contributed by atoms with Gasteiger partial charge in [0.1, 0.15) is 0 Å². The van der Waals surface area contributed by atoms with E-state index < -0.39 is 0 Å². The molecule has 2 aromatic rings. The molecule has 0 spiro atoms. The molecule has 0 saturated carbocycles. The molecule has 2 aromatic carbocycles. The third kappa shape index (κ3) is 3.68. The lowest BCUT2D eigenvalue weighted by Gasteiger charge is -2.09. The Kier molecular flexibility index (Phi) is 4.91. The molecule has 1 amide bonds. The minimum Gasteiger partial charge on any atom is -0.326 e. The van der Waals surface area contributed by atoms with Crippen molar-refractivity contribution in [3.8, 4) is 0 Å². The predicted octanol–water partition coefficient (Wildman–Crippen LogP) is 2.89. The molecule has 104 valence electrons. The van der Waals surface area contributed by atoms with Gasteiger partial charge in [0.25, 0.3) is 0 Å². The standard InChI is InChI=1S/C17H20N2O/c1-2-15-5-3-4-6-16(15)19-17(20)11-13-7-9-14(12-18)10-8-13/h3-10H,2,11-12,18H2,1H3,(H,19,20). The number of nitrogens with two attached hydrogens (primary N) is 1. The first-order valence-corrected chi connectivity index (χ1v) is 6.88. The van der Waals surface area contributed by atoms with Gasteiger partial charge in [-0.05, 0) is 29.2 Å². The number of aryl methyl sites for hydroxylation is 1. The maximum atomic E-state index is 12.1. The summed E-state index contributed by atoms with van der Waals surface area (Å²) in [5.41, 5.74) is 9.68. The van der Waals surface area contributed by atoms with Gasteiger partial charge in [-0.25, -0.2) is 0 Å². The highest BCUT2D eigenvalue weighted by molar-refractivity contribution is 5.93. The van der Waals surface area contributed by atoms with Crippen LogP contribution in [0, 0.1) is 0 Å². The average Bonchev–Trinajstić information content (AvgIpc) is 2.48. The second kappa shape index (κ2) is 6.87.